The van der Waals surface area contributed by atoms with Gasteiger partial charge in [-0.2, -0.15) is 0 Å². The lowest BCUT2D eigenvalue weighted by Crippen LogP contribution is -2.45. The molecule has 2 saturated heterocycles. The topological polar surface area (TPSA) is 76.1 Å². The van der Waals surface area contributed by atoms with Gasteiger partial charge in [-0.3, -0.25) is 9.59 Å². The van der Waals surface area contributed by atoms with Crippen LogP contribution >= 0.6 is 0 Å². The standard InChI is InChI=1S/C15H23NO5/c1-3-4-6-21-11(2)13(17)16-8-12-9-20-7-5-15(12,10-16)14(18)19/h3,11-12H,1,4-10H2,2H3,(H,18,19)/t11?,12-,15+/m0/s1. The molecule has 1 N–H and O–H groups in total. The van der Waals surface area contributed by atoms with Crippen LogP contribution < -0.4 is 0 Å². The van der Waals surface area contributed by atoms with Crippen LogP contribution in [0.3, 0.4) is 0 Å². The average molecular weight is 297 g/mol. The number of ether oxygens (including phenoxy) is 2. The van der Waals surface area contributed by atoms with Crippen LogP contribution in [0.2, 0.25) is 0 Å². The number of hydrogen-bond acceptors (Lipinski definition) is 4. The van der Waals surface area contributed by atoms with Crippen LogP contribution in [0.25, 0.3) is 0 Å². The molecule has 2 aliphatic rings. The molecular weight excluding hydrogens is 274 g/mol. The quantitative estimate of drug-likeness (QED) is 0.583. The summed E-state index contributed by atoms with van der Waals surface area (Å²) in [7, 11) is 0. The fourth-order valence-corrected chi connectivity index (χ4v) is 3.12. The van der Waals surface area contributed by atoms with Crippen LogP contribution in [0.1, 0.15) is 19.8 Å². The Morgan fingerprint density at radius 1 is 1.62 bits per heavy atom. The van der Waals surface area contributed by atoms with Crippen LogP contribution in [0.5, 0.6) is 0 Å². The predicted octanol–water partition coefficient (Wildman–Crippen LogP) is 0.917. The summed E-state index contributed by atoms with van der Waals surface area (Å²) >= 11 is 0. The van der Waals surface area contributed by atoms with Crippen LogP contribution in [-0.2, 0) is 19.1 Å². The minimum absolute atomic E-state index is 0.131. The van der Waals surface area contributed by atoms with Crippen LogP contribution in [0, 0.1) is 11.3 Å². The van der Waals surface area contributed by atoms with Crippen molar-refractivity contribution in [3.63, 3.8) is 0 Å². The van der Waals surface area contributed by atoms with E-state index in [0.717, 1.165) is 0 Å². The Bertz CT molecular complexity index is 424. The number of likely N-dealkylation sites (tertiary alicyclic amines) is 1. The van der Waals surface area contributed by atoms with Gasteiger partial charge in [0.25, 0.3) is 5.91 Å². The molecule has 0 aromatic heterocycles. The molecule has 0 aliphatic carbocycles. The third-order valence-electron chi connectivity index (χ3n) is 4.48. The number of hydrogen-bond donors (Lipinski definition) is 1. The van der Waals surface area contributed by atoms with Crippen molar-refractivity contribution in [1.82, 2.24) is 4.90 Å². The molecule has 3 atom stereocenters. The Labute approximate surface area is 124 Å². The van der Waals surface area contributed by atoms with Crippen LogP contribution in [0.4, 0.5) is 0 Å². The summed E-state index contributed by atoms with van der Waals surface area (Å²) in [5.74, 6) is -1.10. The van der Waals surface area contributed by atoms with E-state index >= 15 is 0 Å². The van der Waals surface area contributed by atoms with Gasteiger partial charge in [-0.1, -0.05) is 6.08 Å². The molecule has 1 unspecified atom stereocenters. The number of carbonyl (C=O) groups is 2. The van der Waals surface area contributed by atoms with Crippen molar-refractivity contribution in [3.8, 4) is 0 Å². The van der Waals surface area contributed by atoms with E-state index in [1.165, 1.54) is 0 Å². The molecule has 0 saturated carbocycles. The van der Waals surface area contributed by atoms with E-state index < -0.39 is 17.5 Å². The summed E-state index contributed by atoms with van der Waals surface area (Å²) in [6.45, 7) is 7.28. The van der Waals surface area contributed by atoms with Crippen molar-refractivity contribution >= 4 is 11.9 Å². The minimum Gasteiger partial charge on any atom is -0.481 e. The lowest BCUT2D eigenvalue weighted by Gasteiger charge is -2.33. The second-order valence-electron chi connectivity index (χ2n) is 5.79. The summed E-state index contributed by atoms with van der Waals surface area (Å²) in [4.78, 5) is 25.7. The summed E-state index contributed by atoms with van der Waals surface area (Å²) in [5, 5.41) is 9.57. The van der Waals surface area contributed by atoms with Crippen LogP contribution in [0.15, 0.2) is 12.7 Å². The first-order valence-electron chi connectivity index (χ1n) is 7.33. The maximum Gasteiger partial charge on any atom is 0.311 e. The molecule has 2 heterocycles. The fourth-order valence-electron chi connectivity index (χ4n) is 3.12. The molecule has 2 fully saturated rings. The van der Waals surface area contributed by atoms with E-state index in [2.05, 4.69) is 6.58 Å². The Kier molecular flexibility index (Phi) is 5.00. The normalized spacial score (nSPS) is 29.8. The van der Waals surface area contributed by atoms with Gasteiger partial charge in [0.1, 0.15) is 6.10 Å². The number of rotatable bonds is 6. The molecule has 21 heavy (non-hydrogen) atoms. The highest BCUT2D eigenvalue weighted by Gasteiger charge is 2.55. The molecule has 0 aromatic carbocycles. The molecular formula is C15H23NO5. The number of amides is 1. The highest BCUT2D eigenvalue weighted by molar-refractivity contribution is 5.83. The van der Waals surface area contributed by atoms with Gasteiger partial charge in [0.05, 0.1) is 18.6 Å². The molecule has 0 bridgehead atoms. The largest absolute Gasteiger partial charge is 0.481 e. The van der Waals surface area contributed by atoms with Crippen molar-refractivity contribution < 1.29 is 24.2 Å². The first-order valence-corrected chi connectivity index (χ1v) is 7.33. The fraction of sp³-hybridized carbons (Fsp3) is 0.733. The number of fused-ring (bicyclic) bond motifs is 1. The van der Waals surface area contributed by atoms with Gasteiger partial charge in [-0.05, 0) is 19.8 Å². The van der Waals surface area contributed by atoms with Gasteiger partial charge in [-0.15, -0.1) is 6.58 Å². The molecule has 1 amide bonds. The second kappa shape index (κ2) is 6.58. The molecule has 2 aliphatic heterocycles. The van der Waals surface area contributed by atoms with E-state index in [1.54, 1.807) is 17.9 Å². The van der Waals surface area contributed by atoms with Crippen molar-refractivity contribution in [2.24, 2.45) is 11.3 Å². The number of carbonyl (C=O) groups excluding carboxylic acids is 1. The molecule has 6 nitrogen and oxygen atoms in total. The number of carboxylic acids is 1. The lowest BCUT2D eigenvalue weighted by molar-refractivity contribution is -0.157. The maximum atomic E-state index is 12.4. The Balaban J connectivity index is 2.00. The molecule has 0 aromatic rings. The van der Waals surface area contributed by atoms with Gasteiger partial charge in [0.2, 0.25) is 0 Å². The van der Waals surface area contributed by atoms with E-state index in [9.17, 15) is 14.7 Å². The predicted molar refractivity (Wildman–Crippen MR) is 75.8 cm³/mol. The van der Waals surface area contributed by atoms with E-state index in [-0.39, 0.29) is 18.4 Å². The van der Waals surface area contributed by atoms with Crippen molar-refractivity contribution in [2.45, 2.75) is 25.9 Å². The molecule has 6 heteroatoms. The zero-order valence-electron chi connectivity index (χ0n) is 12.4. The highest BCUT2D eigenvalue weighted by Crippen LogP contribution is 2.42. The third-order valence-corrected chi connectivity index (χ3v) is 4.48. The zero-order chi connectivity index (χ0) is 15.5. The van der Waals surface area contributed by atoms with Gasteiger partial charge in [0, 0.05) is 25.6 Å². The summed E-state index contributed by atoms with van der Waals surface area (Å²) in [6, 6.07) is 0. The maximum absolute atomic E-state index is 12.4. The molecule has 0 radical (unpaired) electrons. The minimum atomic E-state index is -0.852. The summed E-state index contributed by atoms with van der Waals surface area (Å²) < 4.78 is 10.8. The number of nitrogens with zero attached hydrogens (tertiary/aromatic N) is 1. The van der Waals surface area contributed by atoms with E-state index in [0.29, 0.717) is 39.2 Å². The third kappa shape index (κ3) is 3.11. The summed E-state index contributed by atoms with van der Waals surface area (Å²) in [6.07, 6.45) is 2.32. The summed E-state index contributed by atoms with van der Waals surface area (Å²) in [5.41, 5.74) is -0.852. The van der Waals surface area contributed by atoms with Crippen molar-refractivity contribution in [1.29, 1.82) is 0 Å². The second-order valence-corrected chi connectivity index (χ2v) is 5.79. The zero-order valence-corrected chi connectivity index (χ0v) is 12.4. The molecule has 2 rings (SSSR count). The van der Waals surface area contributed by atoms with Gasteiger partial charge >= 0.3 is 5.97 Å². The first kappa shape index (κ1) is 16.0. The smallest absolute Gasteiger partial charge is 0.311 e. The van der Waals surface area contributed by atoms with Crippen molar-refractivity contribution in [2.75, 3.05) is 32.9 Å². The monoisotopic (exact) mass is 297 g/mol. The SMILES string of the molecule is C=CCCOC(C)C(=O)N1C[C@H]2COCC[C@@]2(C(=O)O)C1. The molecule has 118 valence electrons. The Morgan fingerprint density at radius 2 is 2.38 bits per heavy atom. The Hall–Kier alpha value is -1.40. The van der Waals surface area contributed by atoms with E-state index in [4.69, 9.17) is 9.47 Å². The average Bonchev–Trinajstić information content (AvgIpc) is 2.87. The Morgan fingerprint density at radius 3 is 3.00 bits per heavy atom. The van der Waals surface area contributed by atoms with Crippen LogP contribution in [-0.4, -0.2) is 60.9 Å². The lowest BCUT2D eigenvalue weighted by atomic mass is 9.74. The number of aliphatic carboxylic acids is 1. The van der Waals surface area contributed by atoms with Gasteiger partial charge in [0.15, 0.2) is 0 Å². The number of carboxylic acid groups (broad SMARTS) is 1. The van der Waals surface area contributed by atoms with Crippen molar-refractivity contribution in [3.05, 3.63) is 12.7 Å². The van der Waals surface area contributed by atoms with E-state index in [1.807, 2.05) is 0 Å². The first-order chi connectivity index (χ1) is 10.0. The molecule has 0 spiro atoms. The van der Waals surface area contributed by atoms with Gasteiger partial charge in [-0.25, -0.2) is 0 Å². The van der Waals surface area contributed by atoms with Gasteiger partial charge < -0.3 is 19.5 Å². The highest BCUT2D eigenvalue weighted by atomic mass is 16.5.